The summed E-state index contributed by atoms with van der Waals surface area (Å²) in [6.07, 6.45) is 0.368. The van der Waals surface area contributed by atoms with Crippen LogP contribution in [0.2, 0.25) is 0 Å². The molecular weight excluding hydrogens is 204 g/mol. The molecule has 1 aliphatic heterocycles. The highest BCUT2D eigenvalue weighted by Gasteiger charge is 2.26. The number of hydrogen-bond donors (Lipinski definition) is 0. The summed E-state index contributed by atoms with van der Waals surface area (Å²) >= 11 is 3.49. The van der Waals surface area contributed by atoms with Crippen LogP contribution in [-0.2, 0) is 4.74 Å². The molecule has 1 fully saturated rings. The SMILES string of the molecule is Cc1c(Br)cccc1[C@@H]1CO1. The molecule has 0 saturated carbocycles. The van der Waals surface area contributed by atoms with Crippen molar-refractivity contribution in [2.75, 3.05) is 6.61 Å². The lowest BCUT2D eigenvalue weighted by Crippen LogP contribution is -1.86. The van der Waals surface area contributed by atoms with Crippen LogP contribution >= 0.6 is 15.9 Å². The third-order valence-corrected chi connectivity index (χ3v) is 2.85. The molecule has 0 bridgehead atoms. The standard InChI is InChI=1S/C9H9BrO/c1-6-7(9-5-11-9)3-2-4-8(6)10/h2-4,9H,5H2,1H3/t9-/m0/s1. The van der Waals surface area contributed by atoms with Crippen molar-refractivity contribution in [2.24, 2.45) is 0 Å². The van der Waals surface area contributed by atoms with E-state index in [0.717, 1.165) is 6.61 Å². The molecular formula is C9H9BrO. The zero-order valence-electron chi connectivity index (χ0n) is 6.30. The number of benzene rings is 1. The highest BCUT2D eigenvalue weighted by Crippen LogP contribution is 2.34. The lowest BCUT2D eigenvalue weighted by Gasteiger charge is -2.02. The van der Waals surface area contributed by atoms with E-state index in [-0.39, 0.29) is 0 Å². The number of ether oxygens (including phenoxy) is 1. The minimum absolute atomic E-state index is 0.368. The second-order valence-electron chi connectivity index (χ2n) is 2.78. The molecule has 0 spiro atoms. The number of rotatable bonds is 1. The summed E-state index contributed by atoms with van der Waals surface area (Å²) < 4.78 is 6.38. The van der Waals surface area contributed by atoms with E-state index in [1.807, 2.05) is 6.07 Å². The smallest absolute Gasteiger partial charge is 0.106 e. The Morgan fingerprint density at radius 2 is 2.27 bits per heavy atom. The summed E-state index contributed by atoms with van der Waals surface area (Å²) in [5, 5.41) is 0. The summed E-state index contributed by atoms with van der Waals surface area (Å²) in [6.45, 7) is 3.00. The first-order chi connectivity index (χ1) is 5.29. The fraction of sp³-hybridized carbons (Fsp3) is 0.333. The third-order valence-electron chi connectivity index (χ3n) is 1.99. The van der Waals surface area contributed by atoms with E-state index in [1.165, 1.54) is 15.6 Å². The van der Waals surface area contributed by atoms with Crippen molar-refractivity contribution in [3.05, 3.63) is 33.8 Å². The van der Waals surface area contributed by atoms with Crippen LogP contribution in [-0.4, -0.2) is 6.61 Å². The van der Waals surface area contributed by atoms with Gasteiger partial charge in [0, 0.05) is 4.47 Å². The predicted molar refractivity (Wildman–Crippen MR) is 47.6 cm³/mol. The topological polar surface area (TPSA) is 12.5 Å². The van der Waals surface area contributed by atoms with Crippen molar-refractivity contribution in [2.45, 2.75) is 13.0 Å². The average Bonchev–Trinajstić information content (AvgIpc) is 2.77. The highest BCUT2D eigenvalue weighted by molar-refractivity contribution is 9.10. The molecule has 0 aliphatic carbocycles. The average molecular weight is 213 g/mol. The molecule has 0 amide bonds. The van der Waals surface area contributed by atoms with Crippen LogP contribution in [0.3, 0.4) is 0 Å². The van der Waals surface area contributed by atoms with Gasteiger partial charge in [0.1, 0.15) is 6.10 Å². The lowest BCUT2D eigenvalue weighted by atomic mass is 10.1. The maximum atomic E-state index is 5.21. The van der Waals surface area contributed by atoms with Crippen LogP contribution in [0.5, 0.6) is 0 Å². The van der Waals surface area contributed by atoms with Crippen molar-refractivity contribution in [1.29, 1.82) is 0 Å². The number of halogens is 1. The quantitative estimate of drug-likeness (QED) is 0.653. The fourth-order valence-electron chi connectivity index (χ4n) is 1.20. The second-order valence-corrected chi connectivity index (χ2v) is 3.63. The van der Waals surface area contributed by atoms with Gasteiger partial charge in [0.2, 0.25) is 0 Å². The highest BCUT2D eigenvalue weighted by atomic mass is 79.9. The van der Waals surface area contributed by atoms with Crippen LogP contribution in [0.25, 0.3) is 0 Å². The third kappa shape index (κ3) is 1.33. The van der Waals surface area contributed by atoms with Crippen molar-refractivity contribution in [1.82, 2.24) is 0 Å². The van der Waals surface area contributed by atoms with E-state index in [0.29, 0.717) is 6.10 Å². The van der Waals surface area contributed by atoms with Gasteiger partial charge in [-0.1, -0.05) is 28.1 Å². The zero-order chi connectivity index (χ0) is 7.84. The Kier molecular flexibility index (Phi) is 1.74. The summed E-state index contributed by atoms with van der Waals surface area (Å²) in [5.41, 5.74) is 2.62. The van der Waals surface area contributed by atoms with Gasteiger partial charge < -0.3 is 4.74 Å². The molecule has 1 saturated heterocycles. The summed E-state index contributed by atoms with van der Waals surface area (Å²) in [4.78, 5) is 0. The van der Waals surface area contributed by atoms with Gasteiger partial charge >= 0.3 is 0 Å². The Balaban J connectivity index is 2.45. The number of hydrogen-bond acceptors (Lipinski definition) is 1. The fourth-order valence-corrected chi connectivity index (χ4v) is 1.58. The Morgan fingerprint density at radius 1 is 1.55 bits per heavy atom. The van der Waals surface area contributed by atoms with Crippen LogP contribution in [0.4, 0.5) is 0 Å². The van der Waals surface area contributed by atoms with Crippen LogP contribution in [0.15, 0.2) is 22.7 Å². The molecule has 1 aromatic carbocycles. The summed E-state index contributed by atoms with van der Waals surface area (Å²) in [6, 6.07) is 6.23. The maximum Gasteiger partial charge on any atom is 0.106 e. The van der Waals surface area contributed by atoms with Crippen LogP contribution in [0, 0.1) is 6.92 Å². The first-order valence-electron chi connectivity index (χ1n) is 3.65. The molecule has 2 heteroatoms. The van der Waals surface area contributed by atoms with Crippen molar-refractivity contribution >= 4 is 15.9 Å². The molecule has 2 rings (SSSR count). The molecule has 11 heavy (non-hydrogen) atoms. The van der Waals surface area contributed by atoms with Gasteiger partial charge in [-0.15, -0.1) is 0 Å². The molecule has 0 radical (unpaired) electrons. The lowest BCUT2D eigenvalue weighted by molar-refractivity contribution is 0.415. The molecule has 1 aromatic rings. The van der Waals surface area contributed by atoms with E-state index in [2.05, 4.69) is 35.0 Å². The van der Waals surface area contributed by atoms with E-state index >= 15 is 0 Å². The van der Waals surface area contributed by atoms with Gasteiger partial charge in [-0.05, 0) is 24.1 Å². The van der Waals surface area contributed by atoms with E-state index in [1.54, 1.807) is 0 Å². The monoisotopic (exact) mass is 212 g/mol. The normalized spacial score (nSPS) is 21.8. The van der Waals surface area contributed by atoms with Crippen LogP contribution in [0.1, 0.15) is 17.2 Å². The summed E-state index contributed by atoms with van der Waals surface area (Å²) in [7, 11) is 0. The van der Waals surface area contributed by atoms with E-state index in [9.17, 15) is 0 Å². The van der Waals surface area contributed by atoms with E-state index < -0.39 is 0 Å². The predicted octanol–water partition coefficient (Wildman–Crippen LogP) is 2.83. The minimum Gasteiger partial charge on any atom is -0.368 e. The first kappa shape index (κ1) is 7.32. The minimum atomic E-state index is 0.368. The van der Waals surface area contributed by atoms with Crippen molar-refractivity contribution < 1.29 is 4.74 Å². The molecule has 0 unspecified atom stereocenters. The van der Waals surface area contributed by atoms with E-state index in [4.69, 9.17) is 4.74 Å². The number of epoxide rings is 1. The Hall–Kier alpha value is -0.340. The van der Waals surface area contributed by atoms with Gasteiger partial charge in [-0.25, -0.2) is 0 Å². The molecule has 0 aromatic heterocycles. The maximum absolute atomic E-state index is 5.21. The Bertz CT molecular complexity index is 279. The molecule has 1 aliphatic rings. The molecule has 0 N–H and O–H groups in total. The van der Waals surface area contributed by atoms with Crippen molar-refractivity contribution in [3.63, 3.8) is 0 Å². The molecule has 1 atom stereocenters. The zero-order valence-corrected chi connectivity index (χ0v) is 7.89. The largest absolute Gasteiger partial charge is 0.368 e. The second kappa shape index (κ2) is 2.61. The Morgan fingerprint density at radius 3 is 2.91 bits per heavy atom. The molecule has 58 valence electrons. The van der Waals surface area contributed by atoms with Gasteiger partial charge in [-0.3, -0.25) is 0 Å². The van der Waals surface area contributed by atoms with Gasteiger partial charge in [0.15, 0.2) is 0 Å². The van der Waals surface area contributed by atoms with Gasteiger partial charge in [-0.2, -0.15) is 0 Å². The Labute approximate surface area is 74.5 Å². The van der Waals surface area contributed by atoms with Crippen molar-refractivity contribution in [3.8, 4) is 0 Å². The van der Waals surface area contributed by atoms with Gasteiger partial charge in [0.25, 0.3) is 0 Å². The first-order valence-corrected chi connectivity index (χ1v) is 4.45. The molecule has 1 nitrogen and oxygen atoms in total. The molecule has 1 heterocycles. The van der Waals surface area contributed by atoms with Gasteiger partial charge in [0.05, 0.1) is 6.61 Å². The summed E-state index contributed by atoms with van der Waals surface area (Å²) in [5.74, 6) is 0. The van der Waals surface area contributed by atoms with Crippen LogP contribution < -0.4 is 0 Å².